The average Bonchev–Trinajstić information content (AvgIpc) is 2.63. The minimum Gasteiger partial charge on any atom is -0.481 e. The fourth-order valence-electron chi connectivity index (χ4n) is 2.52. The molecule has 134 valence electrons. The maximum absolute atomic E-state index is 12.9. The van der Waals surface area contributed by atoms with Crippen molar-refractivity contribution in [1.29, 1.82) is 0 Å². The summed E-state index contributed by atoms with van der Waals surface area (Å²) in [4.78, 5) is 14.4. The number of ether oxygens (including phenoxy) is 1. The SMILES string of the molecule is CCN(CC)c1ccc(CNC(=O)[C@@H](C)Oc2ccc(F)cc2)cc1. The van der Waals surface area contributed by atoms with E-state index in [0.29, 0.717) is 12.3 Å². The first-order valence-electron chi connectivity index (χ1n) is 8.57. The van der Waals surface area contributed by atoms with Gasteiger partial charge in [0.25, 0.3) is 5.91 Å². The van der Waals surface area contributed by atoms with Gasteiger partial charge in [-0.1, -0.05) is 12.1 Å². The van der Waals surface area contributed by atoms with E-state index in [1.807, 2.05) is 12.1 Å². The first-order chi connectivity index (χ1) is 12.0. The molecule has 1 amide bonds. The van der Waals surface area contributed by atoms with E-state index in [9.17, 15) is 9.18 Å². The number of benzene rings is 2. The van der Waals surface area contributed by atoms with Gasteiger partial charge in [0.1, 0.15) is 11.6 Å². The van der Waals surface area contributed by atoms with Crippen molar-refractivity contribution in [3.8, 4) is 5.75 Å². The number of carbonyl (C=O) groups excluding carboxylic acids is 1. The zero-order chi connectivity index (χ0) is 18.2. The van der Waals surface area contributed by atoms with Crippen LogP contribution in [0.15, 0.2) is 48.5 Å². The third kappa shape index (κ3) is 5.48. The second kappa shape index (κ2) is 9.06. The van der Waals surface area contributed by atoms with Crippen LogP contribution in [0.25, 0.3) is 0 Å². The molecule has 25 heavy (non-hydrogen) atoms. The topological polar surface area (TPSA) is 41.6 Å². The molecule has 2 rings (SSSR count). The maximum atomic E-state index is 12.9. The van der Waals surface area contributed by atoms with Crippen molar-refractivity contribution in [1.82, 2.24) is 5.32 Å². The molecule has 0 heterocycles. The van der Waals surface area contributed by atoms with E-state index in [1.165, 1.54) is 30.0 Å². The number of nitrogens with zero attached hydrogens (tertiary/aromatic N) is 1. The van der Waals surface area contributed by atoms with Crippen LogP contribution in [0.2, 0.25) is 0 Å². The van der Waals surface area contributed by atoms with Crippen LogP contribution in [-0.2, 0) is 11.3 Å². The quantitative estimate of drug-likeness (QED) is 0.793. The van der Waals surface area contributed by atoms with Gasteiger partial charge in [0, 0.05) is 25.3 Å². The highest BCUT2D eigenvalue weighted by atomic mass is 19.1. The Morgan fingerprint density at radius 2 is 1.68 bits per heavy atom. The number of rotatable bonds is 8. The summed E-state index contributed by atoms with van der Waals surface area (Å²) in [5.41, 5.74) is 2.20. The molecule has 5 heteroatoms. The number of anilines is 1. The second-order valence-electron chi connectivity index (χ2n) is 5.77. The Labute approximate surface area is 148 Å². The van der Waals surface area contributed by atoms with Gasteiger partial charge < -0.3 is 15.0 Å². The summed E-state index contributed by atoms with van der Waals surface area (Å²) in [6.45, 7) is 8.28. The average molecular weight is 344 g/mol. The van der Waals surface area contributed by atoms with E-state index in [4.69, 9.17) is 4.74 Å². The monoisotopic (exact) mass is 344 g/mol. The Bertz CT molecular complexity index is 667. The van der Waals surface area contributed by atoms with Crippen LogP contribution in [0.3, 0.4) is 0 Å². The lowest BCUT2D eigenvalue weighted by atomic mass is 10.2. The Kier molecular flexibility index (Phi) is 6.81. The van der Waals surface area contributed by atoms with Crippen molar-refractivity contribution in [2.24, 2.45) is 0 Å². The van der Waals surface area contributed by atoms with Gasteiger partial charge in [0.2, 0.25) is 0 Å². The zero-order valence-corrected chi connectivity index (χ0v) is 15.0. The number of halogens is 1. The first-order valence-corrected chi connectivity index (χ1v) is 8.57. The van der Waals surface area contributed by atoms with Crippen LogP contribution in [0.1, 0.15) is 26.3 Å². The molecule has 0 aliphatic heterocycles. The molecule has 0 aliphatic carbocycles. The summed E-state index contributed by atoms with van der Waals surface area (Å²) in [6, 6.07) is 13.8. The molecule has 0 aromatic heterocycles. The highest BCUT2D eigenvalue weighted by Gasteiger charge is 2.14. The number of carbonyl (C=O) groups is 1. The highest BCUT2D eigenvalue weighted by molar-refractivity contribution is 5.80. The van der Waals surface area contributed by atoms with Crippen molar-refractivity contribution in [2.75, 3.05) is 18.0 Å². The van der Waals surface area contributed by atoms with Gasteiger partial charge >= 0.3 is 0 Å². The van der Waals surface area contributed by atoms with Gasteiger partial charge in [-0.3, -0.25) is 4.79 Å². The lowest BCUT2D eigenvalue weighted by molar-refractivity contribution is -0.127. The van der Waals surface area contributed by atoms with Crippen molar-refractivity contribution >= 4 is 11.6 Å². The van der Waals surface area contributed by atoms with Crippen LogP contribution in [-0.4, -0.2) is 25.1 Å². The Balaban J connectivity index is 1.85. The number of amides is 1. The molecular weight excluding hydrogens is 319 g/mol. The standard InChI is InChI=1S/C20H25FN2O2/c1-4-23(5-2)18-10-6-16(7-11-18)14-22-20(24)15(3)25-19-12-8-17(21)9-13-19/h6-13,15H,4-5,14H2,1-3H3,(H,22,24)/t15-/m1/s1. The lowest BCUT2D eigenvalue weighted by Crippen LogP contribution is -2.35. The fourth-order valence-corrected chi connectivity index (χ4v) is 2.52. The van der Waals surface area contributed by atoms with Crippen LogP contribution in [0.5, 0.6) is 5.75 Å². The van der Waals surface area contributed by atoms with Crippen molar-refractivity contribution in [2.45, 2.75) is 33.4 Å². The van der Waals surface area contributed by atoms with E-state index in [-0.39, 0.29) is 11.7 Å². The van der Waals surface area contributed by atoms with Crippen LogP contribution >= 0.6 is 0 Å². The number of hydrogen-bond donors (Lipinski definition) is 1. The summed E-state index contributed by atoms with van der Waals surface area (Å²) in [6.07, 6.45) is -0.652. The summed E-state index contributed by atoms with van der Waals surface area (Å²) in [5.74, 6) is -0.0811. The molecule has 0 spiro atoms. The van der Waals surface area contributed by atoms with Crippen LogP contribution < -0.4 is 15.0 Å². The molecule has 0 aliphatic rings. The zero-order valence-electron chi connectivity index (χ0n) is 15.0. The molecule has 2 aromatic rings. The lowest BCUT2D eigenvalue weighted by Gasteiger charge is -2.21. The molecular formula is C20H25FN2O2. The largest absolute Gasteiger partial charge is 0.481 e. The summed E-state index contributed by atoms with van der Waals surface area (Å²) < 4.78 is 18.4. The Morgan fingerprint density at radius 1 is 1.08 bits per heavy atom. The molecule has 0 unspecified atom stereocenters. The van der Waals surface area contributed by atoms with Gasteiger partial charge in [-0.25, -0.2) is 4.39 Å². The Hall–Kier alpha value is -2.56. The first kappa shape index (κ1) is 18.8. The van der Waals surface area contributed by atoms with Crippen molar-refractivity contribution < 1.29 is 13.9 Å². The minimum absolute atomic E-state index is 0.211. The fraction of sp³-hybridized carbons (Fsp3) is 0.350. The Morgan fingerprint density at radius 3 is 2.24 bits per heavy atom. The number of nitrogens with one attached hydrogen (secondary N) is 1. The van der Waals surface area contributed by atoms with E-state index in [0.717, 1.165) is 18.7 Å². The second-order valence-corrected chi connectivity index (χ2v) is 5.77. The predicted octanol–water partition coefficient (Wildman–Crippen LogP) is 3.76. The summed E-state index contributed by atoms with van der Waals surface area (Å²) in [7, 11) is 0. The molecule has 2 aromatic carbocycles. The van der Waals surface area contributed by atoms with Gasteiger partial charge in [0.05, 0.1) is 0 Å². The van der Waals surface area contributed by atoms with E-state index < -0.39 is 6.10 Å². The minimum atomic E-state index is -0.652. The molecule has 0 saturated heterocycles. The molecule has 0 radical (unpaired) electrons. The van der Waals surface area contributed by atoms with Crippen molar-refractivity contribution in [3.05, 3.63) is 59.9 Å². The molecule has 4 nitrogen and oxygen atoms in total. The van der Waals surface area contributed by atoms with Gasteiger partial charge in [-0.2, -0.15) is 0 Å². The molecule has 1 atom stereocenters. The number of hydrogen-bond acceptors (Lipinski definition) is 3. The molecule has 1 N–H and O–H groups in total. The predicted molar refractivity (Wildman–Crippen MR) is 98.3 cm³/mol. The normalized spacial score (nSPS) is 11.7. The maximum Gasteiger partial charge on any atom is 0.261 e. The summed E-state index contributed by atoms with van der Waals surface area (Å²) in [5, 5.41) is 2.86. The van der Waals surface area contributed by atoms with Crippen molar-refractivity contribution in [3.63, 3.8) is 0 Å². The van der Waals surface area contributed by atoms with E-state index in [2.05, 4.69) is 36.2 Å². The van der Waals surface area contributed by atoms with E-state index >= 15 is 0 Å². The smallest absolute Gasteiger partial charge is 0.261 e. The molecule has 0 fully saturated rings. The summed E-state index contributed by atoms with van der Waals surface area (Å²) >= 11 is 0. The van der Waals surface area contributed by atoms with Gasteiger partial charge in [0.15, 0.2) is 6.10 Å². The van der Waals surface area contributed by atoms with Crippen LogP contribution in [0.4, 0.5) is 10.1 Å². The molecule has 0 saturated carbocycles. The molecule has 0 bridgehead atoms. The highest BCUT2D eigenvalue weighted by Crippen LogP contribution is 2.15. The third-order valence-corrected chi connectivity index (χ3v) is 4.03. The van der Waals surface area contributed by atoms with Gasteiger partial charge in [-0.05, 0) is 62.7 Å². The van der Waals surface area contributed by atoms with Gasteiger partial charge in [-0.15, -0.1) is 0 Å². The van der Waals surface area contributed by atoms with Crippen LogP contribution in [0, 0.1) is 5.82 Å². The van der Waals surface area contributed by atoms with E-state index in [1.54, 1.807) is 6.92 Å². The third-order valence-electron chi connectivity index (χ3n) is 4.03.